The van der Waals surface area contributed by atoms with Crippen LogP contribution in [0.1, 0.15) is 43.5 Å². The van der Waals surface area contributed by atoms with Crippen LogP contribution in [0.4, 0.5) is 18.9 Å². The Labute approximate surface area is 202 Å². The molecule has 194 valence electrons. The summed E-state index contributed by atoms with van der Waals surface area (Å²) in [5.41, 5.74) is 0.137. The maximum atomic E-state index is 13.3. The van der Waals surface area contributed by atoms with Crippen LogP contribution in [0.15, 0.2) is 18.2 Å². The highest BCUT2D eigenvalue weighted by Gasteiger charge is 2.37. The monoisotopic (exact) mass is 499 g/mol. The highest BCUT2D eigenvalue weighted by atomic mass is 19.4. The Kier molecular flexibility index (Phi) is 8.30. The summed E-state index contributed by atoms with van der Waals surface area (Å²) in [6.07, 6.45) is -4.90. The number of alkyl halides is 3. The lowest BCUT2D eigenvalue weighted by atomic mass is 10.0. The van der Waals surface area contributed by atoms with Crippen LogP contribution < -0.4 is 10.1 Å². The number of rotatable bonds is 4. The number of benzene rings is 1. The molecular weight excluding hydrogens is 467 g/mol. The Hall–Kier alpha value is -2.82. The summed E-state index contributed by atoms with van der Waals surface area (Å²) in [6, 6.07) is 3.84. The largest absolute Gasteiger partial charge is 0.491 e. The molecule has 3 rings (SSSR count). The second-order valence-electron chi connectivity index (χ2n) is 9.41. The average Bonchev–Trinajstić information content (AvgIpc) is 3.62. The third-order valence-electron chi connectivity index (χ3n) is 6.30. The topological polar surface area (TPSA) is 88.2 Å². The van der Waals surface area contributed by atoms with E-state index in [4.69, 9.17) is 9.47 Å². The predicted octanol–water partition coefficient (Wildman–Crippen LogP) is 3.32. The van der Waals surface area contributed by atoms with Gasteiger partial charge in [0, 0.05) is 44.8 Å². The van der Waals surface area contributed by atoms with E-state index in [1.165, 1.54) is 23.1 Å². The third kappa shape index (κ3) is 7.09. The summed E-state index contributed by atoms with van der Waals surface area (Å²) in [7, 11) is 3.13. The molecule has 1 aromatic rings. The number of nitrogens with zero attached hydrogens (tertiary/aromatic N) is 2. The number of carbonyl (C=O) groups is 3. The van der Waals surface area contributed by atoms with E-state index >= 15 is 0 Å². The molecule has 1 fully saturated rings. The van der Waals surface area contributed by atoms with Crippen LogP contribution in [0.3, 0.4) is 0 Å². The summed E-state index contributed by atoms with van der Waals surface area (Å²) < 4.78 is 49.2. The van der Waals surface area contributed by atoms with E-state index in [1.54, 1.807) is 14.2 Å². The molecule has 1 saturated carbocycles. The van der Waals surface area contributed by atoms with Gasteiger partial charge in [-0.1, -0.05) is 6.92 Å². The Morgan fingerprint density at radius 2 is 1.89 bits per heavy atom. The van der Waals surface area contributed by atoms with Gasteiger partial charge in [0.1, 0.15) is 18.8 Å². The van der Waals surface area contributed by atoms with Crippen molar-refractivity contribution in [3.8, 4) is 5.75 Å². The number of hydrogen-bond acceptors (Lipinski definition) is 5. The summed E-state index contributed by atoms with van der Waals surface area (Å²) in [6.45, 7) is 4.63. The van der Waals surface area contributed by atoms with Crippen molar-refractivity contribution in [2.75, 3.05) is 39.2 Å². The molecule has 8 nitrogen and oxygen atoms in total. The molecule has 0 saturated heterocycles. The number of ether oxygens (including phenoxy) is 2. The van der Waals surface area contributed by atoms with Crippen molar-refractivity contribution >= 4 is 23.4 Å². The standard InChI is InChI=1S/C24H32F3N3O5/c1-14-11-30(22(32)16-5-6-16)15(2)13-35-19-8-7-17(28-21(31)10-24(25,26)27)9-18(19)23(33)29(3)12-20(14)34-4/h7-9,14-16,20H,5-6,10-13H2,1-4H3,(H,28,31)/t14-,15-,20+/m1/s1. The molecule has 1 aliphatic heterocycles. The number of amides is 3. The van der Waals surface area contributed by atoms with Gasteiger partial charge in [0.05, 0.1) is 17.7 Å². The number of fused-ring (bicyclic) bond motifs is 1. The van der Waals surface area contributed by atoms with E-state index in [-0.39, 0.29) is 60.0 Å². The van der Waals surface area contributed by atoms with E-state index in [9.17, 15) is 27.6 Å². The molecule has 35 heavy (non-hydrogen) atoms. The molecule has 1 aliphatic carbocycles. The highest BCUT2D eigenvalue weighted by Crippen LogP contribution is 2.33. The first-order valence-corrected chi connectivity index (χ1v) is 11.6. The average molecular weight is 500 g/mol. The van der Waals surface area contributed by atoms with E-state index in [1.807, 2.05) is 18.7 Å². The van der Waals surface area contributed by atoms with Crippen molar-refractivity contribution in [2.24, 2.45) is 11.8 Å². The molecule has 1 N–H and O–H groups in total. The number of anilines is 1. The minimum absolute atomic E-state index is 0.0259. The van der Waals surface area contributed by atoms with Crippen molar-refractivity contribution < 1.29 is 37.0 Å². The molecule has 1 heterocycles. The summed E-state index contributed by atoms with van der Waals surface area (Å²) in [4.78, 5) is 41.3. The molecule has 0 spiro atoms. The van der Waals surface area contributed by atoms with E-state index in [2.05, 4.69) is 5.32 Å². The van der Waals surface area contributed by atoms with Crippen LogP contribution in [0, 0.1) is 11.8 Å². The second kappa shape index (κ2) is 10.8. The van der Waals surface area contributed by atoms with Gasteiger partial charge in [-0.25, -0.2) is 0 Å². The first kappa shape index (κ1) is 26.8. The van der Waals surface area contributed by atoms with Crippen LogP contribution in [-0.2, 0) is 14.3 Å². The van der Waals surface area contributed by atoms with Crippen LogP contribution in [0.2, 0.25) is 0 Å². The number of nitrogens with one attached hydrogen (secondary N) is 1. The zero-order valence-electron chi connectivity index (χ0n) is 20.4. The Morgan fingerprint density at radius 3 is 2.49 bits per heavy atom. The molecular formula is C24H32F3N3O5. The lowest BCUT2D eigenvalue weighted by Gasteiger charge is -2.36. The molecule has 11 heteroatoms. The molecule has 0 radical (unpaired) electrons. The lowest BCUT2D eigenvalue weighted by molar-refractivity contribution is -0.150. The van der Waals surface area contributed by atoms with Crippen molar-refractivity contribution in [3.63, 3.8) is 0 Å². The SMILES string of the molecule is CO[C@H]1CN(C)C(=O)c2cc(NC(=O)CC(F)(F)F)ccc2OC[C@@H](C)N(C(=O)C2CC2)C[C@H]1C. The van der Waals surface area contributed by atoms with E-state index in [0.29, 0.717) is 6.54 Å². The van der Waals surface area contributed by atoms with Crippen molar-refractivity contribution in [3.05, 3.63) is 23.8 Å². The van der Waals surface area contributed by atoms with E-state index < -0.39 is 24.4 Å². The van der Waals surface area contributed by atoms with Gasteiger partial charge in [0.25, 0.3) is 5.91 Å². The Bertz CT molecular complexity index is 951. The third-order valence-corrected chi connectivity index (χ3v) is 6.30. The number of halogens is 3. The second-order valence-corrected chi connectivity index (χ2v) is 9.41. The molecule has 1 aromatic carbocycles. The van der Waals surface area contributed by atoms with E-state index in [0.717, 1.165) is 12.8 Å². The van der Waals surface area contributed by atoms with Crippen LogP contribution in [-0.4, -0.2) is 79.7 Å². The van der Waals surface area contributed by atoms with Gasteiger partial charge in [-0.3, -0.25) is 14.4 Å². The summed E-state index contributed by atoms with van der Waals surface area (Å²) in [5.74, 6) is -1.43. The van der Waals surface area contributed by atoms with Crippen molar-refractivity contribution in [1.82, 2.24) is 9.80 Å². The fourth-order valence-corrected chi connectivity index (χ4v) is 4.11. The minimum Gasteiger partial charge on any atom is -0.491 e. The number of carbonyl (C=O) groups excluding carboxylic acids is 3. The quantitative estimate of drug-likeness (QED) is 0.687. The normalized spacial score (nSPS) is 24.1. The minimum atomic E-state index is -4.65. The van der Waals surface area contributed by atoms with Gasteiger partial charge < -0.3 is 24.6 Å². The van der Waals surface area contributed by atoms with Crippen molar-refractivity contribution in [2.45, 2.75) is 51.4 Å². The highest BCUT2D eigenvalue weighted by molar-refractivity contribution is 5.99. The van der Waals surface area contributed by atoms with Gasteiger partial charge in [-0.05, 0) is 38.0 Å². The van der Waals surface area contributed by atoms with Crippen molar-refractivity contribution in [1.29, 1.82) is 0 Å². The molecule has 0 bridgehead atoms. The zero-order valence-corrected chi connectivity index (χ0v) is 20.4. The molecule has 3 atom stereocenters. The van der Waals surface area contributed by atoms with Gasteiger partial charge in [-0.2, -0.15) is 13.2 Å². The first-order valence-electron chi connectivity index (χ1n) is 11.6. The number of likely N-dealkylation sites (N-methyl/N-ethyl adjacent to an activating group) is 1. The van der Waals surface area contributed by atoms with Gasteiger partial charge in [0.2, 0.25) is 11.8 Å². The smallest absolute Gasteiger partial charge is 0.397 e. The number of hydrogen-bond donors (Lipinski definition) is 1. The Balaban J connectivity index is 1.91. The molecule has 0 unspecified atom stereocenters. The van der Waals surface area contributed by atoms with Gasteiger partial charge in [-0.15, -0.1) is 0 Å². The molecule has 0 aromatic heterocycles. The van der Waals surface area contributed by atoms with Gasteiger partial charge >= 0.3 is 6.18 Å². The molecule has 3 amide bonds. The zero-order chi connectivity index (χ0) is 25.9. The maximum absolute atomic E-state index is 13.3. The van der Waals surface area contributed by atoms with Crippen LogP contribution >= 0.6 is 0 Å². The summed E-state index contributed by atoms with van der Waals surface area (Å²) in [5, 5.41) is 2.18. The van der Waals surface area contributed by atoms with Crippen LogP contribution in [0.5, 0.6) is 5.75 Å². The Morgan fingerprint density at radius 1 is 1.20 bits per heavy atom. The predicted molar refractivity (Wildman–Crippen MR) is 122 cm³/mol. The molecule has 2 aliphatic rings. The maximum Gasteiger partial charge on any atom is 0.397 e. The number of methoxy groups -OCH3 is 1. The first-order chi connectivity index (χ1) is 16.4. The van der Waals surface area contributed by atoms with Gasteiger partial charge in [0.15, 0.2) is 0 Å². The lowest BCUT2D eigenvalue weighted by Crippen LogP contribution is -2.49. The van der Waals surface area contributed by atoms with Crippen LogP contribution in [0.25, 0.3) is 0 Å². The fraction of sp³-hybridized carbons (Fsp3) is 0.625. The fourth-order valence-electron chi connectivity index (χ4n) is 4.11. The summed E-state index contributed by atoms with van der Waals surface area (Å²) >= 11 is 0.